The Morgan fingerprint density at radius 3 is 2.48 bits per heavy atom. The number of rotatable bonds is 8. The summed E-state index contributed by atoms with van der Waals surface area (Å²) in [6, 6.07) is 7.48. The number of H-pyrrole nitrogens is 1. The molecule has 0 aliphatic carbocycles. The van der Waals surface area contributed by atoms with E-state index in [0.29, 0.717) is 39.3 Å². The molecule has 224 valence electrons. The van der Waals surface area contributed by atoms with Crippen molar-refractivity contribution in [2.75, 3.05) is 5.32 Å². The van der Waals surface area contributed by atoms with Crippen molar-refractivity contribution >= 4 is 34.1 Å². The third-order valence-corrected chi connectivity index (χ3v) is 6.84. The second-order valence-corrected chi connectivity index (χ2v) is 10.1. The Balaban J connectivity index is 1.42. The predicted molar refractivity (Wildman–Crippen MR) is 151 cm³/mol. The van der Waals surface area contributed by atoms with Crippen molar-refractivity contribution in [3.63, 3.8) is 0 Å². The summed E-state index contributed by atoms with van der Waals surface area (Å²) in [5.41, 5.74) is -1.87. The lowest BCUT2D eigenvalue weighted by atomic mass is 10.2. The molecule has 0 fully saturated rings. The number of hydrogen-bond donors (Lipinski definition) is 2. The van der Waals surface area contributed by atoms with Crippen LogP contribution in [0.4, 0.5) is 24.8 Å². The van der Waals surface area contributed by atoms with Crippen LogP contribution in [0.3, 0.4) is 0 Å². The van der Waals surface area contributed by atoms with Gasteiger partial charge in [-0.05, 0) is 35.9 Å². The quantitative estimate of drug-likeness (QED) is 0.242. The second kappa shape index (κ2) is 11.3. The van der Waals surface area contributed by atoms with Crippen LogP contribution >= 0.6 is 11.6 Å². The molecule has 0 amide bonds. The zero-order valence-corrected chi connectivity index (χ0v) is 23.3. The van der Waals surface area contributed by atoms with Gasteiger partial charge in [-0.25, -0.2) is 27.3 Å². The van der Waals surface area contributed by atoms with E-state index in [1.165, 1.54) is 24.4 Å². The van der Waals surface area contributed by atoms with Crippen molar-refractivity contribution in [3.05, 3.63) is 125 Å². The van der Waals surface area contributed by atoms with Crippen molar-refractivity contribution < 1.29 is 17.7 Å². The molecule has 0 unspecified atom stereocenters. The summed E-state index contributed by atoms with van der Waals surface area (Å²) >= 11 is 6.50. The van der Waals surface area contributed by atoms with Crippen molar-refractivity contribution in [2.24, 2.45) is 0 Å². The Labute approximate surface area is 248 Å². The van der Waals surface area contributed by atoms with Crippen LogP contribution < -0.4 is 22.3 Å². The minimum Gasteiger partial charge on any atom is -0.340 e. The maximum Gasteiger partial charge on any atom is 0.355 e. The molecule has 4 heterocycles. The smallest absolute Gasteiger partial charge is 0.340 e. The first-order valence-corrected chi connectivity index (χ1v) is 13.2. The van der Waals surface area contributed by atoms with E-state index in [0.717, 1.165) is 4.57 Å². The minimum absolute atomic E-state index is 0.0844. The molecule has 44 heavy (non-hydrogen) atoms. The summed E-state index contributed by atoms with van der Waals surface area (Å²) in [5, 5.41) is 11.9. The number of nitrogens with one attached hydrogen (secondary N) is 2. The SMILES string of the molecule is Cc1nc(Cn2cc3cc(Nc4nc(=O)n(Cc5ccc[nH]c5=O)c(=O)n4Cc4cc(F)c(F)c(F)c4)c(Cl)cc3n2)no1. The standard InChI is InChI=1S/C27H19ClF3N9O4/c1-13-33-22(37-44-13)12-38-10-16-7-21(17(28)8-20(16)36-38)34-25-35-26(42)40(11-15-3-2-4-32-24(15)41)27(43)39(25)9-14-5-18(29)23(31)19(30)6-14/h2-8,10H,9,11-12H2,1H3,(H,32,41)(H,34,35,42). The van der Waals surface area contributed by atoms with E-state index in [9.17, 15) is 27.6 Å². The monoisotopic (exact) mass is 625 g/mol. The molecular formula is C27H19ClF3N9O4. The molecule has 0 saturated carbocycles. The van der Waals surface area contributed by atoms with Crippen LogP contribution in [0.25, 0.3) is 10.9 Å². The van der Waals surface area contributed by atoms with E-state index in [-0.39, 0.29) is 34.3 Å². The Bertz CT molecular complexity index is 2220. The van der Waals surface area contributed by atoms with Gasteiger partial charge in [0, 0.05) is 30.3 Å². The number of pyridine rings is 1. The molecule has 0 bridgehead atoms. The van der Waals surface area contributed by atoms with Crippen molar-refractivity contribution in [3.8, 4) is 0 Å². The first kappa shape index (κ1) is 28.6. The summed E-state index contributed by atoms with van der Waals surface area (Å²) in [4.78, 5) is 49.5. The summed E-state index contributed by atoms with van der Waals surface area (Å²) in [6.07, 6.45) is 3.06. The molecule has 0 spiro atoms. The molecule has 0 aliphatic rings. The van der Waals surface area contributed by atoms with E-state index in [4.69, 9.17) is 16.1 Å². The first-order valence-electron chi connectivity index (χ1n) is 12.8. The van der Waals surface area contributed by atoms with Crippen LogP contribution in [0.1, 0.15) is 22.8 Å². The topological polar surface area (TPSA) is 159 Å². The van der Waals surface area contributed by atoms with Crippen LogP contribution in [0.15, 0.2) is 67.7 Å². The highest BCUT2D eigenvalue weighted by Crippen LogP contribution is 2.29. The lowest BCUT2D eigenvalue weighted by molar-refractivity contribution is 0.385. The third-order valence-electron chi connectivity index (χ3n) is 6.52. The highest BCUT2D eigenvalue weighted by atomic mass is 35.5. The zero-order valence-electron chi connectivity index (χ0n) is 22.5. The van der Waals surface area contributed by atoms with Crippen LogP contribution in [0.5, 0.6) is 0 Å². The van der Waals surface area contributed by atoms with Crippen molar-refractivity contribution in [2.45, 2.75) is 26.6 Å². The van der Waals surface area contributed by atoms with Gasteiger partial charge >= 0.3 is 11.4 Å². The number of nitrogens with zero attached hydrogens (tertiary/aromatic N) is 7. The van der Waals surface area contributed by atoms with Crippen molar-refractivity contribution in [1.29, 1.82) is 0 Å². The highest BCUT2D eigenvalue weighted by Gasteiger charge is 2.19. The molecular weight excluding hydrogens is 607 g/mol. The highest BCUT2D eigenvalue weighted by molar-refractivity contribution is 6.34. The molecule has 0 saturated heterocycles. The number of halogens is 4. The van der Waals surface area contributed by atoms with Crippen LogP contribution in [0.2, 0.25) is 5.02 Å². The summed E-state index contributed by atoms with van der Waals surface area (Å²) in [7, 11) is 0. The van der Waals surface area contributed by atoms with Gasteiger partial charge in [0.05, 0.1) is 29.3 Å². The number of fused-ring (bicyclic) bond motifs is 1. The number of benzene rings is 2. The van der Waals surface area contributed by atoms with E-state index < -0.39 is 47.5 Å². The van der Waals surface area contributed by atoms with Gasteiger partial charge in [0.2, 0.25) is 11.8 Å². The average molecular weight is 626 g/mol. The fourth-order valence-corrected chi connectivity index (χ4v) is 4.69. The summed E-state index contributed by atoms with van der Waals surface area (Å²) in [5.74, 6) is -4.16. The molecule has 4 aromatic heterocycles. The molecule has 17 heteroatoms. The lowest BCUT2D eigenvalue weighted by Gasteiger charge is -2.16. The maximum absolute atomic E-state index is 14.0. The predicted octanol–water partition coefficient (Wildman–Crippen LogP) is 3.09. The largest absolute Gasteiger partial charge is 0.355 e. The van der Waals surface area contributed by atoms with E-state index in [1.807, 2.05) is 0 Å². The minimum atomic E-state index is -1.68. The van der Waals surface area contributed by atoms with Gasteiger partial charge < -0.3 is 14.8 Å². The maximum atomic E-state index is 14.0. The van der Waals surface area contributed by atoms with Gasteiger partial charge in [-0.1, -0.05) is 22.8 Å². The number of aromatic nitrogens is 8. The van der Waals surface area contributed by atoms with E-state index in [2.05, 4.69) is 30.5 Å². The lowest BCUT2D eigenvalue weighted by Crippen LogP contribution is -2.43. The number of anilines is 2. The number of aromatic amines is 1. The first-order chi connectivity index (χ1) is 21.0. The molecule has 0 aliphatic heterocycles. The van der Waals surface area contributed by atoms with Gasteiger partial charge in [-0.15, -0.1) is 0 Å². The third kappa shape index (κ3) is 5.61. The fourth-order valence-electron chi connectivity index (χ4n) is 4.48. The molecule has 13 nitrogen and oxygen atoms in total. The Morgan fingerprint density at radius 2 is 1.77 bits per heavy atom. The van der Waals surface area contributed by atoms with Gasteiger partial charge in [-0.2, -0.15) is 15.1 Å². The van der Waals surface area contributed by atoms with Crippen LogP contribution in [-0.4, -0.2) is 39.0 Å². The van der Waals surface area contributed by atoms with Crippen LogP contribution in [0, 0.1) is 24.4 Å². The molecule has 6 rings (SSSR count). The summed E-state index contributed by atoms with van der Waals surface area (Å²) in [6.45, 7) is 0.889. The molecule has 2 aromatic carbocycles. The Hall–Kier alpha value is -5.51. The molecule has 6 aromatic rings. The second-order valence-electron chi connectivity index (χ2n) is 9.64. The molecule has 0 radical (unpaired) electrons. The van der Waals surface area contributed by atoms with Gasteiger partial charge in [0.1, 0.15) is 6.54 Å². The molecule has 0 atom stereocenters. The Kier molecular flexibility index (Phi) is 7.34. The van der Waals surface area contributed by atoms with Gasteiger partial charge in [-0.3, -0.25) is 14.0 Å². The Morgan fingerprint density at radius 1 is 1.00 bits per heavy atom. The zero-order chi connectivity index (χ0) is 31.1. The fraction of sp³-hybridized carbons (Fsp3) is 0.148. The van der Waals surface area contributed by atoms with Crippen LogP contribution in [-0.2, 0) is 19.6 Å². The number of hydrogen-bond acceptors (Lipinski definition) is 9. The van der Waals surface area contributed by atoms with E-state index in [1.54, 1.807) is 23.9 Å². The van der Waals surface area contributed by atoms with Gasteiger partial charge in [0.15, 0.2) is 23.3 Å². The van der Waals surface area contributed by atoms with Crippen molar-refractivity contribution in [1.82, 2.24) is 39.0 Å². The number of aryl methyl sites for hydroxylation is 1. The normalized spacial score (nSPS) is 11.4. The average Bonchev–Trinajstić information content (AvgIpc) is 3.57. The summed E-state index contributed by atoms with van der Waals surface area (Å²) < 4.78 is 49.9. The van der Waals surface area contributed by atoms with Gasteiger partial charge in [0.25, 0.3) is 5.56 Å². The molecule has 2 N–H and O–H groups in total. The van der Waals surface area contributed by atoms with E-state index >= 15 is 0 Å².